The van der Waals surface area contributed by atoms with Crippen LogP contribution in [-0.2, 0) is 5.75 Å². The highest BCUT2D eigenvalue weighted by Crippen LogP contribution is 2.26. The fraction of sp³-hybridized carbons (Fsp3) is 0.286. The predicted molar refractivity (Wildman–Crippen MR) is 120 cm³/mol. The highest BCUT2D eigenvalue weighted by Gasteiger charge is 2.23. The summed E-state index contributed by atoms with van der Waals surface area (Å²) in [5, 5.41) is 2.55. The van der Waals surface area contributed by atoms with E-state index in [1.807, 2.05) is 48.2 Å². The second-order valence-corrected chi connectivity index (χ2v) is 9.31. The first-order chi connectivity index (χ1) is 14.1. The van der Waals surface area contributed by atoms with Crippen LogP contribution in [-0.4, -0.2) is 47.0 Å². The Morgan fingerprint density at radius 3 is 2.52 bits per heavy atom. The molecule has 3 heterocycles. The van der Waals surface area contributed by atoms with Crippen molar-refractivity contribution in [2.24, 2.45) is 0 Å². The standard InChI is InChI=1S/C21H21ClN4OS2/c1-15-13-28-21(23-15)29-14-16-5-7-17(8-6-16)20(27)26-11-9-25(10-12-26)19-4-2-3-18(22)24-19/h2-8,13H,9-12,14H2,1H3. The molecule has 0 saturated carbocycles. The molecule has 3 aromatic rings. The first-order valence-electron chi connectivity index (χ1n) is 9.39. The van der Waals surface area contributed by atoms with Gasteiger partial charge in [-0.25, -0.2) is 9.97 Å². The molecule has 8 heteroatoms. The quantitative estimate of drug-likeness (QED) is 0.419. The van der Waals surface area contributed by atoms with Gasteiger partial charge in [-0.2, -0.15) is 0 Å². The summed E-state index contributed by atoms with van der Waals surface area (Å²) < 4.78 is 1.08. The minimum Gasteiger partial charge on any atom is -0.353 e. The summed E-state index contributed by atoms with van der Waals surface area (Å²) in [7, 11) is 0. The molecule has 0 aliphatic carbocycles. The number of hydrogen-bond donors (Lipinski definition) is 0. The number of benzene rings is 1. The van der Waals surface area contributed by atoms with Crippen molar-refractivity contribution in [2.75, 3.05) is 31.1 Å². The van der Waals surface area contributed by atoms with E-state index in [0.29, 0.717) is 18.2 Å². The molecule has 0 radical (unpaired) electrons. The Morgan fingerprint density at radius 1 is 1.10 bits per heavy atom. The van der Waals surface area contributed by atoms with Crippen molar-refractivity contribution in [1.29, 1.82) is 0 Å². The zero-order valence-corrected chi connectivity index (χ0v) is 18.4. The van der Waals surface area contributed by atoms with Gasteiger partial charge in [-0.3, -0.25) is 4.79 Å². The zero-order chi connectivity index (χ0) is 20.2. The highest BCUT2D eigenvalue weighted by molar-refractivity contribution is 8.00. The number of thiazole rings is 1. The monoisotopic (exact) mass is 444 g/mol. The summed E-state index contributed by atoms with van der Waals surface area (Å²) in [5.74, 6) is 1.80. The molecule has 0 bridgehead atoms. The third kappa shape index (κ3) is 5.10. The van der Waals surface area contributed by atoms with Crippen LogP contribution in [0.4, 0.5) is 5.82 Å². The van der Waals surface area contributed by atoms with Gasteiger partial charge in [0.05, 0.1) is 0 Å². The first kappa shape index (κ1) is 20.2. The van der Waals surface area contributed by atoms with Crippen LogP contribution < -0.4 is 4.90 Å². The number of nitrogens with zero attached hydrogens (tertiary/aromatic N) is 4. The highest BCUT2D eigenvalue weighted by atomic mass is 35.5. The predicted octanol–water partition coefficient (Wildman–Crippen LogP) is 4.75. The summed E-state index contributed by atoms with van der Waals surface area (Å²) in [6.07, 6.45) is 0. The number of rotatable bonds is 5. The number of aryl methyl sites for hydroxylation is 1. The summed E-state index contributed by atoms with van der Waals surface area (Å²) in [6, 6.07) is 13.5. The number of piperazine rings is 1. The molecule has 0 atom stereocenters. The maximum atomic E-state index is 12.8. The normalized spacial score (nSPS) is 14.3. The molecule has 1 amide bonds. The van der Waals surface area contributed by atoms with Crippen molar-refractivity contribution < 1.29 is 4.79 Å². The van der Waals surface area contributed by atoms with E-state index < -0.39 is 0 Å². The minimum atomic E-state index is 0.0819. The topological polar surface area (TPSA) is 49.3 Å². The Hall–Kier alpha value is -2.09. The van der Waals surface area contributed by atoms with Gasteiger partial charge in [0.25, 0.3) is 5.91 Å². The molecule has 1 fully saturated rings. The van der Waals surface area contributed by atoms with Crippen LogP contribution in [0.25, 0.3) is 0 Å². The average molecular weight is 445 g/mol. The van der Waals surface area contributed by atoms with Crippen molar-refractivity contribution in [3.63, 3.8) is 0 Å². The molecule has 1 aliphatic heterocycles. The zero-order valence-electron chi connectivity index (χ0n) is 16.0. The van der Waals surface area contributed by atoms with Crippen molar-refractivity contribution in [3.8, 4) is 0 Å². The van der Waals surface area contributed by atoms with Crippen LogP contribution >= 0.6 is 34.7 Å². The number of amides is 1. The number of carbonyl (C=O) groups is 1. The Labute approximate surface area is 183 Å². The van der Waals surface area contributed by atoms with E-state index in [4.69, 9.17) is 11.6 Å². The molecule has 5 nitrogen and oxygen atoms in total. The number of carbonyl (C=O) groups excluding carboxylic acids is 1. The lowest BCUT2D eigenvalue weighted by molar-refractivity contribution is 0.0746. The van der Waals surface area contributed by atoms with Gasteiger partial charge >= 0.3 is 0 Å². The molecule has 29 heavy (non-hydrogen) atoms. The Morgan fingerprint density at radius 2 is 1.86 bits per heavy atom. The van der Waals surface area contributed by atoms with Crippen LogP contribution in [0, 0.1) is 6.92 Å². The van der Waals surface area contributed by atoms with Crippen molar-refractivity contribution in [1.82, 2.24) is 14.9 Å². The van der Waals surface area contributed by atoms with Crippen molar-refractivity contribution in [3.05, 3.63) is 69.8 Å². The van der Waals surface area contributed by atoms with Crippen LogP contribution in [0.2, 0.25) is 5.15 Å². The lowest BCUT2D eigenvalue weighted by atomic mass is 10.1. The molecule has 1 aliphatic rings. The molecule has 0 N–H and O–H groups in total. The fourth-order valence-electron chi connectivity index (χ4n) is 3.18. The molecule has 2 aromatic heterocycles. The number of pyridine rings is 1. The van der Waals surface area contributed by atoms with Gasteiger partial charge < -0.3 is 9.80 Å². The van der Waals surface area contributed by atoms with Crippen LogP contribution in [0.5, 0.6) is 0 Å². The Kier molecular flexibility index (Phi) is 6.37. The molecule has 0 unspecified atom stereocenters. The van der Waals surface area contributed by atoms with E-state index in [1.165, 1.54) is 5.56 Å². The Bertz CT molecular complexity index is 984. The van der Waals surface area contributed by atoms with E-state index in [2.05, 4.69) is 20.2 Å². The lowest BCUT2D eigenvalue weighted by Gasteiger charge is -2.35. The lowest BCUT2D eigenvalue weighted by Crippen LogP contribution is -2.49. The van der Waals surface area contributed by atoms with Crippen molar-refractivity contribution >= 4 is 46.4 Å². The second kappa shape index (κ2) is 9.15. The maximum Gasteiger partial charge on any atom is 0.253 e. The first-order valence-corrected chi connectivity index (χ1v) is 11.6. The summed E-state index contributed by atoms with van der Waals surface area (Å²) in [5.41, 5.74) is 2.99. The van der Waals surface area contributed by atoms with Gasteiger partial charge in [0.1, 0.15) is 15.3 Å². The van der Waals surface area contributed by atoms with Gasteiger partial charge in [-0.1, -0.05) is 41.6 Å². The number of thioether (sulfide) groups is 1. The SMILES string of the molecule is Cc1csc(SCc2ccc(C(=O)N3CCN(c4cccc(Cl)n4)CC3)cc2)n1. The van der Waals surface area contributed by atoms with Gasteiger partial charge in [-0.05, 0) is 36.8 Å². The van der Waals surface area contributed by atoms with E-state index in [0.717, 1.165) is 40.3 Å². The number of anilines is 1. The van der Waals surface area contributed by atoms with Gasteiger partial charge in [-0.15, -0.1) is 11.3 Å². The van der Waals surface area contributed by atoms with E-state index >= 15 is 0 Å². The Balaban J connectivity index is 1.31. The number of hydrogen-bond acceptors (Lipinski definition) is 6. The number of halogens is 1. The van der Waals surface area contributed by atoms with Gasteiger partial charge in [0.15, 0.2) is 0 Å². The van der Waals surface area contributed by atoms with E-state index in [1.54, 1.807) is 29.2 Å². The van der Waals surface area contributed by atoms with E-state index in [-0.39, 0.29) is 5.91 Å². The molecule has 1 aromatic carbocycles. The van der Waals surface area contributed by atoms with Crippen molar-refractivity contribution in [2.45, 2.75) is 17.0 Å². The largest absolute Gasteiger partial charge is 0.353 e. The maximum absolute atomic E-state index is 12.8. The summed E-state index contributed by atoms with van der Waals surface area (Å²) >= 11 is 9.38. The average Bonchev–Trinajstić information content (AvgIpc) is 3.17. The van der Waals surface area contributed by atoms with Crippen LogP contribution in [0.15, 0.2) is 52.2 Å². The second-order valence-electron chi connectivity index (χ2n) is 6.84. The summed E-state index contributed by atoms with van der Waals surface area (Å²) in [6.45, 7) is 4.86. The number of aromatic nitrogens is 2. The van der Waals surface area contributed by atoms with Crippen LogP contribution in [0.3, 0.4) is 0 Å². The molecule has 1 saturated heterocycles. The van der Waals surface area contributed by atoms with E-state index in [9.17, 15) is 4.79 Å². The molecule has 4 rings (SSSR count). The molecular weight excluding hydrogens is 424 g/mol. The van der Waals surface area contributed by atoms with Gasteiger partial charge in [0.2, 0.25) is 0 Å². The van der Waals surface area contributed by atoms with Crippen LogP contribution in [0.1, 0.15) is 21.6 Å². The van der Waals surface area contributed by atoms with Gasteiger partial charge in [0, 0.05) is 48.6 Å². The third-order valence-electron chi connectivity index (χ3n) is 4.75. The molecule has 150 valence electrons. The molecule has 0 spiro atoms. The smallest absolute Gasteiger partial charge is 0.253 e. The minimum absolute atomic E-state index is 0.0819. The fourth-order valence-corrected chi connectivity index (χ4v) is 5.15. The summed E-state index contributed by atoms with van der Waals surface area (Å²) in [4.78, 5) is 25.7. The molecular formula is C21H21ClN4OS2. The third-order valence-corrected chi connectivity index (χ3v) is 7.17.